The summed E-state index contributed by atoms with van der Waals surface area (Å²) in [5.41, 5.74) is 1.93. The normalized spacial score (nSPS) is 25.3. The van der Waals surface area contributed by atoms with Gasteiger partial charge in [-0.1, -0.05) is 0 Å². The van der Waals surface area contributed by atoms with Crippen LogP contribution in [0.4, 0.5) is 0 Å². The maximum Gasteiger partial charge on any atom is 0.235 e. The van der Waals surface area contributed by atoms with Crippen LogP contribution >= 0.6 is 0 Å². The number of hydrogen-bond acceptors (Lipinski definition) is 4. The molecule has 0 unspecified atom stereocenters. The lowest BCUT2D eigenvalue weighted by molar-refractivity contribution is -0.123. The molecule has 6 nitrogen and oxygen atoms in total. The van der Waals surface area contributed by atoms with Crippen molar-refractivity contribution in [2.24, 2.45) is 13.0 Å². The van der Waals surface area contributed by atoms with E-state index in [4.69, 9.17) is 4.98 Å². The predicted molar refractivity (Wildman–Crippen MR) is 98.3 cm³/mol. The first-order valence-electron chi connectivity index (χ1n) is 10.0. The first-order chi connectivity index (χ1) is 12.5. The van der Waals surface area contributed by atoms with Crippen molar-refractivity contribution in [1.82, 2.24) is 19.8 Å². The Morgan fingerprint density at radius 1 is 1.31 bits per heavy atom. The number of nitrogens with one attached hydrogen (secondary N) is 1. The largest absolute Gasteiger partial charge is 0.337 e. The molecule has 2 aliphatic carbocycles. The van der Waals surface area contributed by atoms with Gasteiger partial charge in [0.1, 0.15) is 11.4 Å². The van der Waals surface area contributed by atoms with Gasteiger partial charge in [0.15, 0.2) is 0 Å². The molecule has 0 aromatic carbocycles. The van der Waals surface area contributed by atoms with Gasteiger partial charge in [-0.2, -0.15) is 5.26 Å². The highest BCUT2D eigenvalue weighted by Gasteiger charge is 2.43. The Balaban J connectivity index is 1.46. The fraction of sp³-hybridized carbons (Fsp3) is 0.750. The lowest BCUT2D eigenvalue weighted by Crippen LogP contribution is -2.50. The highest BCUT2D eigenvalue weighted by molar-refractivity contribution is 5.79. The summed E-state index contributed by atoms with van der Waals surface area (Å²) < 4.78 is 2.28. The molecule has 2 atom stereocenters. The zero-order valence-electron chi connectivity index (χ0n) is 15.9. The number of aryl methyl sites for hydroxylation is 1. The van der Waals surface area contributed by atoms with Crippen LogP contribution in [0.5, 0.6) is 0 Å². The number of carbonyl (C=O) groups excluding carboxylic acids is 1. The first kappa shape index (κ1) is 17.5. The fourth-order valence-electron chi connectivity index (χ4n) is 4.71. The third kappa shape index (κ3) is 3.14. The van der Waals surface area contributed by atoms with Crippen LogP contribution in [-0.4, -0.2) is 39.0 Å². The zero-order valence-corrected chi connectivity index (χ0v) is 15.9. The smallest absolute Gasteiger partial charge is 0.235 e. The van der Waals surface area contributed by atoms with Crippen LogP contribution in [0.15, 0.2) is 0 Å². The number of amides is 1. The maximum atomic E-state index is 12.6. The van der Waals surface area contributed by atoms with E-state index in [-0.39, 0.29) is 11.9 Å². The molecule has 1 aromatic heterocycles. The lowest BCUT2D eigenvalue weighted by Gasteiger charge is -2.27. The molecule has 2 heterocycles. The summed E-state index contributed by atoms with van der Waals surface area (Å²) in [5, 5.41) is 12.5. The first-order valence-corrected chi connectivity index (χ1v) is 10.0. The van der Waals surface area contributed by atoms with E-state index in [0.717, 1.165) is 50.9 Å². The average molecular weight is 355 g/mol. The molecule has 1 N–H and O–H groups in total. The molecular formula is C20H29N5O. The Morgan fingerprint density at radius 3 is 2.77 bits per heavy atom. The van der Waals surface area contributed by atoms with Crippen molar-refractivity contribution >= 4 is 5.91 Å². The minimum absolute atomic E-state index is 0.0353. The number of aromatic nitrogens is 2. The van der Waals surface area contributed by atoms with Crippen LogP contribution in [0, 0.1) is 17.2 Å². The van der Waals surface area contributed by atoms with Crippen LogP contribution in [-0.2, 0) is 24.7 Å². The lowest BCUT2D eigenvalue weighted by atomic mass is 9.98. The van der Waals surface area contributed by atoms with Gasteiger partial charge in [-0.25, -0.2) is 4.98 Å². The number of rotatable bonds is 5. The number of likely N-dealkylation sites (tertiary alicyclic amines) is 1. The van der Waals surface area contributed by atoms with Crippen molar-refractivity contribution in [1.29, 1.82) is 5.26 Å². The Kier molecular flexibility index (Phi) is 4.52. The summed E-state index contributed by atoms with van der Waals surface area (Å²) in [6.07, 6.45) is 8.89. The van der Waals surface area contributed by atoms with Crippen molar-refractivity contribution in [2.45, 2.75) is 69.9 Å². The monoisotopic (exact) mass is 355 g/mol. The van der Waals surface area contributed by atoms with Crippen molar-refractivity contribution < 1.29 is 4.79 Å². The molecular weight excluding hydrogens is 326 g/mol. The number of nitrogens with zero attached hydrogens (tertiary/aromatic N) is 4. The number of nitriles is 1. The van der Waals surface area contributed by atoms with E-state index < -0.39 is 5.54 Å². The quantitative estimate of drug-likeness (QED) is 0.879. The van der Waals surface area contributed by atoms with E-state index >= 15 is 0 Å². The van der Waals surface area contributed by atoms with Gasteiger partial charge in [0.05, 0.1) is 24.3 Å². The molecule has 1 aromatic rings. The highest BCUT2D eigenvalue weighted by atomic mass is 16.2. The number of carbonyl (C=O) groups is 1. The maximum absolute atomic E-state index is 12.6. The molecule has 1 saturated carbocycles. The van der Waals surface area contributed by atoms with Gasteiger partial charge in [0.25, 0.3) is 0 Å². The molecule has 0 spiro atoms. The van der Waals surface area contributed by atoms with Crippen LogP contribution < -0.4 is 5.32 Å². The van der Waals surface area contributed by atoms with Gasteiger partial charge in [0, 0.05) is 12.7 Å². The van der Waals surface area contributed by atoms with Crippen molar-refractivity contribution in [2.75, 3.05) is 13.1 Å². The number of hydrogen-bond donors (Lipinski definition) is 1. The Bertz CT molecular complexity index is 744. The molecule has 26 heavy (non-hydrogen) atoms. The van der Waals surface area contributed by atoms with E-state index in [1.165, 1.54) is 24.2 Å². The minimum Gasteiger partial charge on any atom is -0.337 e. The van der Waals surface area contributed by atoms with Gasteiger partial charge in [-0.05, 0) is 70.8 Å². The van der Waals surface area contributed by atoms with Crippen molar-refractivity contribution in [3.8, 4) is 6.07 Å². The molecule has 140 valence electrons. The molecule has 1 amide bonds. The minimum atomic E-state index is -0.714. The second-order valence-electron chi connectivity index (χ2n) is 8.39. The SMILES string of the molecule is Cn1c([C@H]2CCCN2CC(=O)N[C@](C)(C#N)C2CC2)nc2c1CCCC2. The van der Waals surface area contributed by atoms with E-state index in [9.17, 15) is 10.1 Å². The average Bonchev–Trinajstić information content (AvgIpc) is 3.33. The van der Waals surface area contributed by atoms with Crippen LogP contribution in [0.1, 0.15) is 68.7 Å². The van der Waals surface area contributed by atoms with Gasteiger partial charge in [-0.15, -0.1) is 0 Å². The third-order valence-corrected chi connectivity index (χ3v) is 6.44. The Labute approximate surface area is 155 Å². The van der Waals surface area contributed by atoms with Crippen molar-refractivity contribution in [3.05, 3.63) is 17.2 Å². The standard InChI is InChI=1S/C20H29N5O/c1-20(13-21,14-9-10-14)23-18(26)12-25-11-5-8-17(25)19-22-15-6-3-4-7-16(15)24(19)2/h14,17H,3-12H2,1-2H3,(H,23,26)/t17-,20-/m1/s1. The van der Waals surface area contributed by atoms with E-state index in [2.05, 4.69) is 27.9 Å². The highest BCUT2D eigenvalue weighted by Crippen LogP contribution is 2.39. The van der Waals surface area contributed by atoms with Gasteiger partial charge in [0.2, 0.25) is 5.91 Å². The van der Waals surface area contributed by atoms with Crippen LogP contribution in [0.2, 0.25) is 0 Å². The van der Waals surface area contributed by atoms with Gasteiger partial charge in [-0.3, -0.25) is 9.69 Å². The topological polar surface area (TPSA) is 74.0 Å². The Hall–Kier alpha value is -1.87. The van der Waals surface area contributed by atoms with Crippen molar-refractivity contribution in [3.63, 3.8) is 0 Å². The van der Waals surface area contributed by atoms with E-state index in [1.807, 2.05) is 6.92 Å². The van der Waals surface area contributed by atoms with Crippen LogP contribution in [0.3, 0.4) is 0 Å². The summed E-state index contributed by atoms with van der Waals surface area (Å²) in [4.78, 5) is 19.8. The number of imidazole rings is 1. The molecule has 1 saturated heterocycles. The van der Waals surface area contributed by atoms with Gasteiger partial charge >= 0.3 is 0 Å². The second kappa shape index (κ2) is 6.70. The molecule has 2 fully saturated rings. The predicted octanol–water partition coefficient (Wildman–Crippen LogP) is 2.24. The number of fused-ring (bicyclic) bond motifs is 1. The van der Waals surface area contributed by atoms with E-state index in [0.29, 0.717) is 12.5 Å². The zero-order chi connectivity index (χ0) is 18.3. The molecule has 0 bridgehead atoms. The summed E-state index contributed by atoms with van der Waals surface area (Å²) in [7, 11) is 2.13. The summed E-state index contributed by atoms with van der Waals surface area (Å²) in [6.45, 7) is 3.13. The summed E-state index contributed by atoms with van der Waals surface area (Å²) in [5.74, 6) is 1.39. The third-order valence-electron chi connectivity index (χ3n) is 6.44. The Morgan fingerprint density at radius 2 is 2.08 bits per heavy atom. The second-order valence-corrected chi connectivity index (χ2v) is 8.39. The van der Waals surface area contributed by atoms with E-state index in [1.54, 1.807) is 0 Å². The summed E-state index contributed by atoms with van der Waals surface area (Å²) in [6, 6.07) is 2.53. The summed E-state index contributed by atoms with van der Waals surface area (Å²) >= 11 is 0. The molecule has 3 aliphatic rings. The van der Waals surface area contributed by atoms with Gasteiger partial charge < -0.3 is 9.88 Å². The molecule has 0 radical (unpaired) electrons. The molecule has 1 aliphatic heterocycles. The fourth-order valence-corrected chi connectivity index (χ4v) is 4.71. The van der Waals surface area contributed by atoms with Crippen LogP contribution in [0.25, 0.3) is 0 Å². The molecule has 4 rings (SSSR count). The molecule has 6 heteroatoms.